The van der Waals surface area contributed by atoms with E-state index in [1.165, 1.54) is 0 Å². The summed E-state index contributed by atoms with van der Waals surface area (Å²) in [6, 6.07) is 6.91. The predicted molar refractivity (Wildman–Crippen MR) is 81.9 cm³/mol. The lowest BCUT2D eigenvalue weighted by molar-refractivity contribution is 0.478. The monoisotopic (exact) mass is 314 g/mol. The number of benzene rings is 1. The zero-order chi connectivity index (χ0) is 14.6. The highest BCUT2D eigenvalue weighted by molar-refractivity contribution is 7.90. The van der Waals surface area contributed by atoms with Crippen LogP contribution >= 0.6 is 11.6 Å². The molecular formula is C14H19ClN2O2S. The Labute approximate surface area is 125 Å². The first-order valence-corrected chi connectivity index (χ1v) is 8.83. The van der Waals surface area contributed by atoms with Crippen LogP contribution in [0.4, 0.5) is 0 Å². The van der Waals surface area contributed by atoms with E-state index in [4.69, 9.17) is 11.6 Å². The van der Waals surface area contributed by atoms with Gasteiger partial charge in [0.15, 0.2) is 0 Å². The van der Waals surface area contributed by atoms with E-state index in [1.807, 2.05) is 6.07 Å². The number of halogens is 1. The van der Waals surface area contributed by atoms with Gasteiger partial charge in [0.1, 0.15) is 5.84 Å². The first kappa shape index (κ1) is 15.3. The molecule has 0 aromatic heterocycles. The molecule has 0 spiro atoms. The molecule has 0 fully saturated rings. The van der Waals surface area contributed by atoms with Gasteiger partial charge < -0.3 is 0 Å². The second-order valence-corrected chi connectivity index (χ2v) is 6.95. The maximum absolute atomic E-state index is 11.9. The molecule has 2 rings (SSSR count). The lowest BCUT2D eigenvalue weighted by Crippen LogP contribution is -2.23. The lowest BCUT2D eigenvalue weighted by Gasteiger charge is -2.12. The Bertz CT molecular complexity index is 593. The minimum atomic E-state index is -3.43. The van der Waals surface area contributed by atoms with E-state index in [9.17, 15) is 8.42 Å². The molecule has 1 N–H and O–H groups in total. The number of aliphatic imine (C=N–C) groups is 1. The van der Waals surface area contributed by atoms with Crippen molar-refractivity contribution >= 4 is 27.5 Å². The molecule has 1 unspecified atom stereocenters. The zero-order valence-electron chi connectivity index (χ0n) is 11.5. The van der Waals surface area contributed by atoms with Crippen molar-refractivity contribution in [3.05, 3.63) is 29.8 Å². The second-order valence-electron chi connectivity index (χ2n) is 4.92. The molecular weight excluding hydrogens is 296 g/mol. The number of rotatable bonds is 6. The largest absolute Gasteiger partial charge is 0.267 e. The lowest BCUT2D eigenvalue weighted by atomic mass is 10.0. The van der Waals surface area contributed by atoms with Crippen molar-refractivity contribution < 1.29 is 8.42 Å². The van der Waals surface area contributed by atoms with Crippen LogP contribution in [-0.2, 0) is 10.0 Å². The molecule has 1 aliphatic heterocycles. The molecule has 1 atom stereocenters. The average Bonchev–Trinajstić information content (AvgIpc) is 2.69. The predicted octanol–water partition coefficient (Wildman–Crippen LogP) is 2.77. The Kier molecular flexibility index (Phi) is 5.05. The third-order valence-corrected chi connectivity index (χ3v) is 5.00. The molecule has 0 radical (unpaired) electrons. The van der Waals surface area contributed by atoms with Crippen LogP contribution in [-0.4, -0.2) is 26.7 Å². The fourth-order valence-corrected chi connectivity index (χ4v) is 3.92. The van der Waals surface area contributed by atoms with Crippen molar-refractivity contribution in [3.63, 3.8) is 0 Å². The third kappa shape index (κ3) is 3.33. The minimum Gasteiger partial charge on any atom is -0.267 e. The highest BCUT2D eigenvalue weighted by Crippen LogP contribution is 2.23. The van der Waals surface area contributed by atoms with Gasteiger partial charge in [0, 0.05) is 18.0 Å². The normalized spacial score (nSPS) is 19.6. The van der Waals surface area contributed by atoms with E-state index in [1.54, 1.807) is 18.2 Å². The molecule has 0 amide bonds. The van der Waals surface area contributed by atoms with Gasteiger partial charge >= 0.3 is 0 Å². The summed E-state index contributed by atoms with van der Waals surface area (Å²) < 4.78 is 26.4. The van der Waals surface area contributed by atoms with Gasteiger partial charge in [-0.2, -0.15) is 0 Å². The van der Waals surface area contributed by atoms with Crippen LogP contribution in [0.15, 0.2) is 34.2 Å². The number of sulfonamides is 1. The molecule has 6 heteroatoms. The maximum atomic E-state index is 11.9. The van der Waals surface area contributed by atoms with Crippen molar-refractivity contribution in [2.45, 2.75) is 31.1 Å². The van der Waals surface area contributed by atoms with Crippen molar-refractivity contribution in [2.75, 3.05) is 12.4 Å². The SMILES string of the molecule is CCCC(CCCl)CN=C1NS(=O)(=O)c2ccccc21. The molecule has 1 aromatic carbocycles. The van der Waals surface area contributed by atoms with Crippen molar-refractivity contribution in [3.8, 4) is 0 Å². The smallest absolute Gasteiger partial charge is 0.263 e. The van der Waals surface area contributed by atoms with E-state index in [2.05, 4.69) is 16.6 Å². The van der Waals surface area contributed by atoms with E-state index in [0.29, 0.717) is 34.6 Å². The Morgan fingerprint density at radius 3 is 2.75 bits per heavy atom. The minimum absolute atomic E-state index is 0.308. The highest BCUT2D eigenvalue weighted by Gasteiger charge is 2.30. The van der Waals surface area contributed by atoms with E-state index >= 15 is 0 Å². The molecule has 0 saturated heterocycles. The van der Waals surface area contributed by atoms with Crippen molar-refractivity contribution in [1.29, 1.82) is 0 Å². The number of nitrogens with one attached hydrogen (secondary N) is 1. The quantitative estimate of drug-likeness (QED) is 0.821. The van der Waals surface area contributed by atoms with E-state index in [0.717, 1.165) is 19.3 Å². The molecule has 0 bridgehead atoms. The van der Waals surface area contributed by atoms with Crippen LogP contribution < -0.4 is 4.72 Å². The van der Waals surface area contributed by atoms with Gasteiger partial charge in [0.2, 0.25) is 0 Å². The van der Waals surface area contributed by atoms with Crippen LogP contribution in [0.2, 0.25) is 0 Å². The number of nitrogens with zero attached hydrogens (tertiary/aromatic N) is 1. The summed E-state index contributed by atoms with van der Waals surface area (Å²) in [5.41, 5.74) is 0.661. The topological polar surface area (TPSA) is 58.5 Å². The van der Waals surface area contributed by atoms with Gasteiger partial charge in [0.05, 0.1) is 4.90 Å². The standard InChI is InChI=1S/C14H19ClN2O2S/c1-2-5-11(8-9-15)10-16-14-12-6-3-4-7-13(12)20(18,19)17-14/h3-4,6-7,11H,2,5,8-10H2,1H3,(H,16,17). The number of amidine groups is 1. The summed E-state index contributed by atoms with van der Waals surface area (Å²) in [4.78, 5) is 4.77. The summed E-state index contributed by atoms with van der Waals surface area (Å²) in [5, 5.41) is 0. The van der Waals surface area contributed by atoms with Gasteiger partial charge in [-0.1, -0.05) is 25.5 Å². The number of fused-ring (bicyclic) bond motifs is 1. The Morgan fingerprint density at radius 2 is 2.05 bits per heavy atom. The summed E-state index contributed by atoms with van der Waals surface area (Å²) in [6.07, 6.45) is 3.03. The fraction of sp³-hybridized carbons (Fsp3) is 0.500. The first-order valence-electron chi connectivity index (χ1n) is 6.81. The molecule has 1 heterocycles. The summed E-state index contributed by atoms with van der Waals surface area (Å²) in [6.45, 7) is 2.73. The van der Waals surface area contributed by atoms with Crippen LogP contribution in [0.3, 0.4) is 0 Å². The summed E-state index contributed by atoms with van der Waals surface area (Å²) in [7, 11) is -3.43. The van der Waals surface area contributed by atoms with Crippen LogP contribution in [0.1, 0.15) is 31.7 Å². The Morgan fingerprint density at radius 1 is 1.30 bits per heavy atom. The first-order chi connectivity index (χ1) is 9.58. The maximum Gasteiger partial charge on any atom is 0.263 e. The van der Waals surface area contributed by atoms with Gasteiger partial charge in [-0.15, -0.1) is 11.6 Å². The molecule has 0 saturated carbocycles. The Balaban J connectivity index is 2.20. The zero-order valence-corrected chi connectivity index (χ0v) is 13.0. The molecule has 1 aliphatic rings. The molecule has 20 heavy (non-hydrogen) atoms. The van der Waals surface area contributed by atoms with Gasteiger partial charge in [-0.05, 0) is 30.9 Å². The van der Waals surface area contributed by atoms with E-state index in [-0.39, 0.29) is 0 Å². The van der Waals surface area contributed by atoms with Crippen molar-refractivity contribution in [1.82, 2.24) is 4.72 Å². The fourth-order valence-electron chi connectivity index (χ4n) is 2.36. The van der Waals surface area contributed by atoms with Gasteiger partial charge in [-0.3, -0.25) is 9.71 Å². The van der Waals surface area contributed by atoms with Crippen LogP contribution in [0.25, 0.3) is 0 Å². The van der Waals surface area contributed by atoms with Gasteiger partial charge in [0.25, 0.3) is 10.0 Å². The second kappa shape index (κ2) is 6.59. The summed E-state index contributed by atoms with van der Waals surface area (Å²) >= 11 is 5.79. The number of hydrogen-bond donors (Lipinski definition) is 1. The molecule has 1 aromatic rings. The van der Waals surface area contributed by atoms with Crippen LogP contribution in [0.5, 0.6) is 0 Å². The highest BCUT2D eigenvalue weighted by atomic mass is 35.5. The van der Waals surface area contributed by atoms with Crippen molar-refractivity contribution in [2.24, 2.45) is 10.9 Å². The molecule has 110 valence electrons. The van der Waals surface area contributed by atoms with Gasteiger partial charge in [-0.25, -0.2) is 8.42 Å². The number of hydrogen-bond acceptors (Lipinski definition) is 3. The average molecular weight is 315 g/mol. The summed E-state index contributed by atoms with van der Waals surface area (Å²) in [5.74, 6) is 1.47. The Hall–Kier alpha value is -1.07. The third-order valence-electron chi connectivity index (χ3n) is 3.38. The molecule has 0 aliphatic carbocycles. The number of alkyl halides is 1. The molecule has 4 nitrogen and oxygen atoms in total. The van der Waals surface area contributed by atoms with E-state index < -0.39 is 10.0 Å². The van der Waals surface area contributed by atoms with Crippen LogP contribution in [0, 0.1) is 5.92 Å².